The number of rotatable bonds is 6. The van der Waals surface area contributed by atoms with Crippen LogP contribution in [0.3, 0.4) is 0 Å². The topological polar surface area (TPSA) is 37.4 Å². The molecular formula is C19H19NO2S2. The maximum absolute atomic E-state index is 13.1. The van der Waals surface area contributed by atoms with Gasteiger partial charge in [-0.2, -0.15) is 4.31 Å². The summed E-state index contributed by atoms with van der Waals surface area (Å²) in [6.07, 6.45) is 0. The molecule has 1 aromatic heterocycles. The van der Waals surface area contributed by atoms with E-state index in [9.17, 15) is 8.42 Å². The molecule has 0 aliphatic heterocycles. The maximum atomic E-state index is 13.1. The molecule has 1 unspecified atom stereocenters. The summed E-state index contributed by atoms with van der Waals surface area (Å²) in [4.78, 5) is 0. The van der Waals surface area contributed by atoms with Crippen molar-refractivity contribution in [2.24, 2.45) is 0 Å². The zero-order chi connectivity index (χ0) is 17.0. The molecule has 3 aromatic rings. The SMILES string of the molecule is CC(c1ccccc1)N(Cc1ccccc1)S(=O)(=O)c1cccs1. The lowest BCUT2D eigenvalue weighted by molar-refractivity contribution is 0.337. The van der Waals surface area contributed by atoms with E-state index in [1.165, 1.54) is 11.3 Å². The zero-order valence-corrected chi connectivity index (χ0v) is 15.0. The second-order valence-electron chi connectivity index (χ2n) is 5.55. The van der Waals surface area contributed by atoms with Gasteiger partial charge in [-0.15, -0.1) is 11.3 Å². The average molecular weight is 358 g/mol. The van der Waals surface area contributed by atoms with Crippen LogP contribution >= 0.6 is 11.3 Å². The van der Waals surface area contributed by atoms with Gasteiger partial charge in [0.15, 0.2) is 0 Å². The smallest absolute Gasteiger partial charge is 0.206 e. The van der Waals surface area contributed by atoms with Crippen LogP contribution < -0.4 is 0 Å². The molecule has 3 nitrogen and oxygen atoms in total. The van der Waals surface area contributed by atoms with Crippen molar-refractivity contribution in [1.82, 2.24) is 4.31 Å². The molecule has 0 bridgehead atoms. The Kier molecular flexibility index (Phi) is 5.14. The molecule has 0 saturated carbocycles. The highest BCUT2D eigenvalue weighted by molar-refractivity contribution is 7.91. The molecule has 0 fully saturated rings. The van der Waals surface area contributed by atoms with E-state index in [-0.39, 0.29) is 6.04 Å². The van der Waals surface area contributed by atoms with Crippen molar-refractivity contribution in [2.45, 2.75) is 23.7 Å². The Morgan fingerprint density at radius 1 is 0.917 bits per heavy atom. The van der Waals surface area contributed by atoms with Crippen LogP contribution in [0.1, 0.15) is 24.1 Å². The van der Waals surface area contributed by atoms with Crippen LogP contribution in [-0.4, -0.2) is 12.7 Å². The molecule has 3 rings (SSSR count). The second-order valence-corrected chi connectivity index (χ2v) is 8.62. The van der Waals surface area contributed by atoms with Gasteiger partial charge in [-0.05, 0) is 29.5 Å². The minimum Gasteiger partial charge on any atom is -0.206 e. The van der Waals surface area contributed by atoms with Gasteiger partial charge in [0.25, 0.3) is 10.0 Å². The molecule has 0 aliphatic carbocycles. The summed E-state index contributed by atoms with van der Waals surface area (Å²) in [6, 6.07) is 22.6. The van der Waals surface area contributed by atoms with E-state index < -0.39 is 10.0 Å². The van der Waals surface area contributed by atoms with Crippen molar-refractivity contribution in [3.05, 3.63) is 89.3 Å². The Bertz CT molecular complexity index is 860. The third-order valence-corrected chi connectivity index (χ3v) is 7.24. The summed E-state index contributed by atoms with van der Waals surface area (Å²) < 4.78 is 28.2. The van der Waals surface area contributed by atoms with Crippen LogP contribution in [0.15, 0.2) is 82.4 Å². The summed E-state index contributed by atoms with van der Waals surface area (Å²) in [6.45, 7) is 2.28. The van der Waals surface area contributed by atoms with Crippen LogP contribution in [-0.2, 0) is 16.6 Å². The predicted molar refractivity (Wildman–Crippen MR) is 98.3 cm³/mol. The molecule has 124 valence electrons. The predicted octanol–water partition coefficient (Wildman–Crippen LogP) is 4.70. The Morgan fingerprint density at radius 3 is 2.12 bits per heavy atom. The van der Waals surface area contributed by atoms with E-state index in [1.54, 1.807) is 21.8 Å². The summed E-state index contributed by atoms with van der Waals surface area (Å²) >= 11 is 1.25. The van der Waals surface area contributed by atoms with Crippen molar-refractivity contribution in [3.8, 4) is 0 Å². The number of hydrogen-bond donors (Lipinski definition) is 0. The van der Waals surface area contributed by atoms with Crippen LogP contribution in [0.5, 0.6) is 0 Å². The van der Waals surface area contributed by atoms with Crippen LogP contribution in [0.2, 0.25) is 0 Å². The van der Waals surface area contributed by atoms with Gasteiger partial charge in [-0.3, -0.25) is 0 Å². The van der Waals surface area contributed by atoms with E-state index in [1.807, 2.05) is 67.6 Å². The first-order valence-corrected chi connectivity index (χ1v) is 10.1. The zero-order valence-electron chi connectivity index (χ0n) is 13.4. The highest BCUT2D eigenvalue weighted by Gasteiger charge is 2.30. The molecule has 0 aliphatic rings. The van der Waals surface area contributed by atoms with Crippen LogP contribution in [0, 0.1) is 0 Å². The quantitative estimate of drug-likeness (QED) is 0.641. The number of hydrogen-bond acceptors (Lipinski definition) is 3. The van der Waals surface area contributed by atoms with Crippen molar-refractivity contribution < 1.29 is 8.42 Å². The number of sulfonamides is 1. The second kappa shape index (κ2) is 7.30. The third-order valence-electron chi connectivity index (χ3n) is 3.95. The van der Waals surface area contributed by atoms with Gasteiger partial charge >= 0.3 is 0 Å². The van der Waals surface area contributed by atoms with Crippen molar-refractivity contribution in [1.29, 1.82) is 0 Å². The largest absolute Gasteiger partial charge is 0.253 e. The number of thiophene rings is 1. The summed E-state index contributed by atoms with van der Waals surface area (Å²) in [5.74, 6) is 0. The normalized spacial score (nSPS) is 13.1. The van der Waals surface area contributed by atoms with Crippen LogP contribution in [0.4, 0.5) is 0 Å². The molecule has 0 saturated heterocycles. The van der Waals surface area contributed by atoms with Gasteiger partial charge in [0, 0.05) is 12.6 Å². The van der Waals surface area contributed by atoms with E-state index in [4.69, 9.17) is 0 Å². The molecule has 2 aromatic carbocycles. The average Bonchev–Trinajstić information content (AvgIpc) is 3.16. The standard InChI is InChI=1S/C19H19NO2S2/c1-16(18-11-6-3-7-12-18)20(15-17-9-4-2-5-10-17)24(21,22)19-13-8-14-23-19/h2-14,16H,15H2,1H3. The van der Waals surface area contributed by atoms with Crippen molar-refractivity contribution in [2.75, 3.05) is 0 Å². The highest BCUT2D eigenvalue weighted by atomic mass is 32.2. The lowest BCUT2D eigenvalue weighted by Gasteiger charge is -2.28. The summed E-state index contributed by atoms with van der Waals surface area (Å²) in [7, 11) is -3.55. The Balaban J connectivity index is 2.01. The minimum atomic E-state index is -3.55. The summed E-state index contributed by atoms with van der Waals surface area (Å²) in [5, 5.41) is 1.79. The highest BCUT2D eigenvalue weighted by Crippen LogP contribution is 2.31. The maximum Gasteiger partial charge on any atom is 0.253 e. The van der Waals surface area contributed by atoms with E-state index in [0.29, 0.717) is 10.8 Å². The van der Waals surface area contributed by atoms with Gasteiger partial charge in [0.05, 0.1) is 0 Å². The van der Waals surface area contributed by atoms with E-state index >= 15 is 0 Å². The molecular weight excluding hydrogens is 338 g/mol. The van der Waals surface area contributed by atoms with Gasteiger partial charge in [0.1, 0.15) is 4.21 Å². The Hall–Kier alpha value is -1.95. The molecule has 1 atom stereocenters. The molecule has 0 spiro atoms. The van der Waals surface area contributed by atoms with E-state index in [0.717, 1.165) is 11.1 Å². The molecule has 0 amide bonds. The molecule has 5 heteroatoms. The fourth-order valence-electron chi connectivity index (χ4n) is 2.62. The van der Waals surface area contributed by atoms with Gasteiger partial charge in [-0.25, -0.2) is 8.42 Å². The Labute approximate surface area is 147 Å². The van der Waals surface area contributed by atoms with E-state index in [2.05, 4.69) is 0 Å². The minimum absolute atomic E-state index is 0.251. The monoisotopic (exact) mass is 357 g/mol. The third kappa shape index (κ3) is 3.59. The first-order chi connectivity index (χ1) is 11.6. The first kappa shape index (κ1) is 16.9. The van der Waals surface area contributed by atoms with Gasteiger partial charge in [0.2, 0.25) is 0 Å². The van der Waals surface area contributed by atoms with Crippen molar-refractivity contribution >= 4 is 21.4 Å². The molecule has 0 N–H and O–H groups in total. The summed E-state index contributed by atoms with van der Waals surface area (Å²) in [5.41, 5.74) is 1.95. The lowest BCUT2D eigenvalue weighted by Crippen LogP contribution is -2.32. The fraction of sp³-hybridized carbons (Fsp3) is 0.158. The first-order valence-electron chi connectivity index (χ1n) is 7.73. The van der Waals surface area contributed by atoms with Crippen LogP contribution in [0.25, 0.3) is 0 Å². The molecule has 1 heterocycles. The lowest BCUT2D eigenvalue weighted by atomic mass is 10.1. The number of benzene rings is 2. The fourth-order valence-corrected chi connectivity index (χ4v) is 5.34. The molecule has 0 radical (unpaired) electrons. The van der Waals surface area contributed by atoms with Crippen molar-refractivity contribution in [3.63, 3.8) is 0 Å². The molecule has 24 heavy (non-hydrogen) atoms. The Morgan fingerprint density at radius 2 is 1.54 bits per heavy atom. The number of nitrogens with zero attached hydrogens (tertiary/aromatic N) is 1. The van der Waals surface area contributed by atoms with Gasteiger partial charge in [-0.1, -0.05) is 66.7 Å². The van der Waals surface area contributed by atoms with Gasteiger partial charge < -0.3 is 0 Å².